The molecule has 0 unspecified atom stereocenters. The summed E-state index contributed by atoms with van der Waals surface area (Å²) in [4.78, 5) is 38.8. The first-order valence-electron chi connectivity index (χ1n) is 13.7. The van der Waals surface area contributed by atoms with Gasteiger partial charge >= 0.3 is 5.97 Å². The molecule has 2 aromatic rings. The van der Waals surface area contributed by atoms with Gasteiger partial charge in [0.2, 0.25) is 11.8 Å². The smallest absolute Gasteiger partial charge is 0.309 e. The number of carbonyl (C=O) groups is 3. The lowest BCUT2D eigenvalue weighted by molar-refractivity contribution is -0.155. The molecule has 0 heterocycles. The van der Waals surface area contributed by atoms with E-state index < -0.39 is 12.0 Å². The summed E-state index contributed by atoms with van der Waals surface area (Å²) in [7, 11) is 0. The summed E-state index contributed by atoms with van der Waals surface area (Å²) < 4.78 is 11.1. The lowest BCUT2D eigenvalue weighted by Crippen LogP contribution is -2.38. The normalized spacial score (nSPS) is 12.9. The van der Waals surface area contributed by atoms with Crippen LogP contribution in [0.5, 0.6) is 0 Å². The molecule has 0 aliphatic heterocycles. The van der Waals surface area contributed by atoms with Crippen molar-refractivity contribution in [2.45, 2.75) is 38.2 Å². The van der Waals surface area contributed by atoms with E-state index in [1.165, 1.54) is 0 Å². The van der Waals surface area contributed by atoms with E-state index in [4.69, 9.17) is 14.6 Å². The minimum absolute atomic E-state index is 0.0195. The molecule has 216 valence electrons. The monoisotopic (exact) mass is 550 g/mol. The Kier molecular flexibility index (Phi) is 15.7. The number of allylic oxidation sites excluding steroid dienone is 2. The number of hydrogen-bond acceptors (Lipinski definition) is 6. The Morgan fingerprint density at radius 2 is 1.60 bits per heavy atom. The molecule has 8 heteroatoms. The Morgan fingerprint density at radius 1 is 0.900 bits per heavy atom. The number of nitrogens with one attached hydrogen (secondary N) is 2. The molecule has 0 spiro atoms. The summed E-state index contributed by atoms with van der Waals surface area (Å²) in [5, 5.41) is 14.3. The number of carbonyl (C=O) groups excluding carboxylic acids is 3. The molecule has 0 aliphatic rings. The maximum atomic E-state index is 13.4. The summed E-state index contributed by atoms with van der Waals surface area (Å²) >= 11 is 0. The van der Waals surface area contributed by atoms with Gasteiger partial charge in [0.25, 0.3) is 0 Å². The average molecular weight is 551 g/mol. The van der Waals surface area contributed by atoms with Gasteiger partial charge in [0.1, 0.15) is 6.10 Å². The van der Waals surface area contributed by atoms with Crippen LogP contribution in [0.1, 0.15) is 42.9 Å². The second-order valence-corrected chi connectivity index (χ2v) is 9.45. The number of amides is 2. The van der Waals surface area contributed by atoms with Crippen molar-refractivity contribution in [3.8, 4) is 0 Å². The van der Waals surface area contributed by atoms with E-state index in [1.54, 1.807) is 12.2 Å². The van der Waals surface area contributed by atoms with Crippen molar-refractivity contribution < 1.29 is 29.0 Å². The molecule has 0 bridgehead atoms. The Hall–Kier alpha value is -3.75. The van der Waals surface area contributed by atoms with Gasteiger partial charge < -0.3 is 25.2 Å². The van der Waals surface area contributed by atoms with E-state index in [9.17, 15) is 14.4 Å². The number of ether oxygens (including phenoxy) is 2. The van der Waals surface area contributed by atoms with Crippen LogP contribution in [0.2, 0.25) is 0 Å². The second-order valence-electron chi connectivity index (χ2n) is 9.45. The Labute approximate surface area is 237 Å². The van der Waals surface area contributed by atoms with Crippen LogP contribution >= 0.6 is 0 Å². The van der Waals surface area contributed by atoms with Crippen LogP contribution in [-0.2, 0) is 30.3 Å². The molecule has 2 aromatic carbocycles. The van der Waals surface area contributed by atoms with Gasteiger partial charge in [0.05, 0.1) is 38.2 Å². The third-order valence-corrected chi connectivity index (χ3v) is 6.33. The van der Waals surface area contributed by atoms with Crippen molar-refractivity contribution >= 4 is 17.8 Å². The fourth-order valence-electron chi connectivity index (χ4n) is 4.20. The first-order valence-corrected chi connectivity index (χ1v) is 13.7. The number of aliphatic hydroxyl groups excluding tert-OH is 1. The summed E-state index contributed by atoms with van der Waals surface area (Å²) in [5.74, 6) is -1.93. The summed E-state index contributed by atoms with van der Waals surface area (Å²) in [6.07, 6.45) is 4.82. The topological polar surface area (TPSA) is 114 Å². The van der Waals surface area contributed by atoms with Gasteiger partial charge in [0.15, 0.2) is 0 Å². The number of hydrogen-bond donors (Lipinski definition) is 3. The van der Waals surface area contributed by atoms with E-state index in [0.29, 0.717) is 25.7 Å². The molecule has 2 rings (SSSR count). The van der Waals surface area contributed by atoms with E-state index >= 15 is 0 Å². The van der Waals surface area contributed by atoms with Crippen LogP contribution in [0.15, 0.2) is 86.0 Å². The first kappa shape index (κ1) is 32.5. The van der Waals surface area contributed by atoms with Crippen molar-refractivity contribution in [2.24, 2.45) is 11.8 Å². The molecule has 0 fully saturated rings. The van der Waals surface area contributed by atoms with Crippen molar-refractivity contribution in [1.82, 2.24) is 10.6 Å². The van der Waals surface area contributed by atoms with Gasteiger partial charge in [-0.3, -0.25) is 14.4 Å². The molecule has 0 aliphatic carbocycles. The maximum Gasteiger partial charge on any atom is 0.309 e. The molecule has 0 aromatic heterocycles. The molecule has 8 nitrogen and oxygen atoms in total. The van der Waals surface area contributed by atoms with Gasteiger partial charge in [0, 0.05) is 13.0 Å². The highest BCUT2D eigenvalue weighted by Gasteiger charge is 2.26. The van der Waals surface area contributed by atoms with E-state index in [-0.39, 0.29) is 63.0 Å². The zero-order valence-corrected chi connectivity index (χ0v) is 23.1. The fourth-order valence-corrected chi connectivity index (χ4v) is 4.20. The lowest BCUT2D eigenvalue weighted by Gasteiger charge is -2.24. The third kappa shape index (κ3) is 12.4. The zero-order chi connectivity index (χ0) is 29.0. The van der Waals surface area contributed by atoms with Crippen LogP contribution in [0.3, 0.4) is 0 Å². The van der Waals surface area contributed by atoms with E-state index in [0.717, 1.165) is 11.1 Å². The average Bonchev–Trinajstić information content (AvgIpc) is 2.97. The standard InChI is InChI=1S/C32H42N2O6/c1-3-5-15-28(22-25-13-8-6-9-14-25)32(38)40-29(26-16-10-7-11-17-26)24-34-31(37)27(12-4-2)23-30(36)33-18-20-39-21-19-35/h3-4,6-11,13-14,16-17,27-29,35H,1-2,5,12,15,18-24H2,(H,33,36)(H,34,37)/t27-,28+,29+/m0/s1. The van der Waals surface area contributed by atoms with Gasteiger partial charge in [-0.25, -0.2) is 0 Å². The third-order valence-electron chi connectivity index (χ3n) is 6.33. The summed E-state index contributed by atoms with van der Waals surface area (Å²) in [5.41, 5.74) is 1.81. The molecule has 0 radical (unpaired) electrons. The highest BCUT2D eigenvalue weighted by Crippen LogP contribution is 2.23. The predicted molar refractivity (Wildman–Crippen MR) is 155 cm³/mol. The number of esters is 1. The summed E-state index contributed by atoms with van der Waals surface area (Å²) in [6, 6.07) is 19.1. The van der Waals surface area contributed by atoms with Crippen molar-refractivity contribution in [3.05, 3.63) is 97.1 Å². The highest BCUT2D eigenvalue weighted by molar-refractivity contribution is 5.86. The van der Waals surface area contributed by atoms with Crippen molar-refractivity contribution in [2.75, 3.05) is 32.9 Å². The highest BCUT2D eigenvalue weighted by atomic mass is 16.5. The Morgan fingerprint density at radius 3 is 2.25 bits per heavy atom. The number of benzene rings is 2. The first-order chi connectivity index (χ1) is 19.5. The molecular weight excluding hydrogens is 508 g/mol. The lowest BCUT2D eigenvalue weighted by atomic mass is 9.94. The second kappa shape index (κ2) is 19.3. The molecule has 0 saturated heterocycles. The van der Waals surface area contributed by atoms with E-state index in [2.05, 4.69) is 23.8 Å². The molecule has 40 heavy (non-hydrogen) atoms. The zero-order valence-electron chi connectivity index (χ0n) is 23.1. The predicted octanol–water partition coefficient (Wildman–Crippen LogP) is 3.92. The maximum absolute atomic E-state index is 13.4. The molecule has 3 N–H and O–H groups in total. The Balaban J connectivity index is 2.05. The van der Waals surface area contributed by atoms with Crippen LogP contribution in [-0.4, -0.2) is 55.8 Å². The van der Waals surface area contributed by atoms with Gasteiger partial charge in [-0.1, -0.05) is 72.8 Å². The minimum Gasteiger partial charge on any atom is -0.455 e. The Bertz CT molecular complexity index is 1040. The molecule has 2 amide bonds. The van der Waals surface area contributed by atoms with Crippen LogP contribution in [0.25, 0.3) is 0 Å². The van der Waals surface area contributed by atoms with Crippen molar-refractivity contribution in [3.63, 3.8) is 0 Å². The SMILES string of the molecule is C=CCC[C@H](Cc1ccccc1)C(=O)O[C@H](CNC(=O)[C@@H](CC=C)CC(=O)NCCOCCO)c1ccccc1. The summed E-state index contributed by atoms with van der Waals surface area (Å²) in [6.45, 7) is 8.23. The minimum atomic E-state index is -0.693. The van der Waals surface area contributed by atoms with Crippen LogP contribution in [0.4, 0.5) is 0 Å². The largest absolute Gasteiger partial charge is 0.455 e. The number of rotatable bonds is 20. The van der Waals surface area contributed by atoms with Gasteiger partial charge in [-0.2, -0.15) is 0 Å². The van der Waals surface area contributed by atoms with E-state index in [1.807, 2.05) is 60.7 Å². The molecule has 0 saturated carbocycles. The van der Waals surface area contributed by atoms with Crippen LogP contribution in [0, 0.1) is 11.8 Å². The van der Waals surface area contributed by atoms with Gasteiger partial charge in [-0.05, 0) is 36.8 Å². The molecule has 3 atom stereocenters. The van der Waals surface area contributed by atoms with Crippen molar-refractivity contribution in [1.29, 1.82) is 0 Å². The molecular formula is C32H42N2O6. The van der Waals surface area contributed by atoms with Crippen LogP contribution < -0.4 is 10.6 Å². The fraction of sp³-hybridized carbons (Fsp3) is 0.406. The number of aliphatic hydroxyl groups is 1. The quantitative estimate of drug-likeness (QED) is 0.131. The van der Waals surface area contributed by atoms with Gasteiger partial charge in [-0.15, -0.1) is 13.2 Å².